The lowest BCUT2D eigenvalue weighted by molar-refractivity contribution is 0.410. The molecule has 0 radical (unpaired) electrons. The molecule has 150 valence electrons. The molecule has 0 spiro atoms. The molecule has 7 heteroatoms. The van der Waals surface area contributed by atoms with Crippen molar-refractivity contribution in [1.82, 2.24) is 9.62 Å². The number of fused-ring (bicyclic) bond motifs is 1. The normalized spacial score (nSPS) is 14.6. The second kappa shape index (κ2) is 8.32. The molecule has 3 rings (SSSR count). The predicted octanol–water partition coefficient (Wildman–Crippen LogP) is 2.85. The maximum Gasteiger partial charge on any atom is 0.243 e. The zero-order valence-corrected chi connectivity index (χ0v) is 17.7. The molecule has 1 N–H and O–H groups in total. The van der Waals surface area contributed by atoms with Crippen molar-refractivity contribution in [3.05, 3.63) is 59.7 Å². The fourth-order valence-corrected chi connectivity index (χ4v) is 4.63. The van der Waals surface area contributed by atoms with Gasteiger partial charge in [0.15, 0.2) is 5.96 Å². The highest BCUT2D eigenvalue weighted by molar-refractivity contribution is 7.89. The quantitative estimate of drug-likeness (QED) is 0.619. The maximum atomic E-state index is 12.6. The molecule has 0 aromatic heterocycles. The van der Waals surface area contributed by atoms with Crippen molar-refractivity contribution in [3.8, 4) is 0 Å². The molecule has 2 aromatic rings. The summed E-state index contributed by atoms with van der Waals surface area (Å²) in [6, 6.07) is 15.3. The Morgan fingerprint density at radius 3 is 2.50 bits per heavy atom. The first-order valence-electron chi connectivity index (χ1n) is 9.47. The number of sulfonamides is 1. The molecular weight excluding hydrogens is 372 g/mol. The molecule has 6 nitrogen and oxygen atoms in total. The van der Waals surface area contributed by atoms with Gasteiger partial charge in [0.2, 0.25) is 10.0 Å². The lowest BCUT2D eigenvalue weighted by Gasteiger charge is -2.23. The minimum absolute atomic E-state index is 0.0852. The molecule has 2 aromatic carbocycles. The molecule has 0 amide bonds. The molecule has 1 heterocycles. The van der Waals surface area contributed by atoms with E-state index < -0.39 is 10.0 Å². The molecule has 28 heavy (non-hydrogen) atoms. The second-order valence-electron chi connectivity index (χ2n) is 7.19. The Morgan fingerprint density at radius 2 is 1.86 bits per heavy atom. The van der Waals surface area contributed by atoms with Crippen LogP contribution in [-0.2, 0) is 23.0 Å². The molecule has 0 aliphatic carbocycles. The van der Waals surface area contributed by atoms with Crippen LogP contribution in [0.4, 0.5) is 5.69 Å². The monoisotopic (exact) mass is 400 g/mol. The molecule has 0 atom stereocenters. The molecule has 1 aliphatic rings. The summed E-state index contributed by atoms with van der Waals surface area (Å²) >= 11 is 0. The summed E-state index contributed by atoms with van der Waals surface area (Å²) in [5.74, 6) is 0.821. The van der Waals surface area contributed by atoms with Crippen LogP contribution in [0.15, 0.2) is 58.4 Å². The van der Waals surface area contributed by atoms with E-state index in [1.165, 1.54) is 15.6 Å². The third-order valence-corrected chi connectivity index (χ3v) is 7.18. The van der Waals surface area contributed by atoms with Crippen molar-refractivity contribution in [2.24, 2.45) is 4.99 Å². The van der Waals surface area contributed by atoms with Crippen LogP contribution >= 0.6 is 0 Å². The fourth-order valence-electron chi connectivity index (χ4n) is 3.26. The first-order chi connectivity index (χ1) is 13.3. The van der Waals surface area contributed by atoms with E-state index in [1.807, 2.05) is 32.0 Å². The number of rotatable bonds is 5. The van der Waals surface area contributed by atoms with Crippen LogP contribution in [0.5, 0.6) is 0 Å². The Balaban J connectivity index is 1.68. The number of benzene rings is 2. The number of nitrogens with one attached hydrogen (secondary N) is 1. The third kappa shape index (κ3) is 4.05. The highest BCUT2D eigenvalue weighted by Gasteiger charge is 2.24. The zero-order chi connectivity index (χ0) is 20.3. The minimum Gasteiger partial charge on any atom is -0.352 e. The first-order valence-corrected chi connectivity index (χ1v) is 10.9. The Morgan fingerprint density at radius 1 is 1.18 bits per heavy atom. The van der Waals surface area contributed by atoms with Crippen molar-refractivity contribution in [3.63, 3.8) is 0 Å². The van der Waals surface area contributed by atoms with Crippen LogP contribution in [0.1, 0.15) is 25.0 Å². The van der Waals surface area contributed by atoms with E-state index in [-0.39, 0.29) is 6.04 Å². The van der Waals surface area contributed by atoms with E-state index in [0.717, 1.165) is 24.5 Å². The highest BCUT2D eigenvalue weighted by atomic mass is 32.2. The lowest BCUT2D eigenvalue weighted by Crippen LogP contribution is -2.40. The van der Waals surface area contributed by atoms with Crippen LogP contribution < -0.4 is 10.2 Å². The fraction of sp³-hybridized carbons (Fsp3) is 0.381. The molecule has 0 unspecified atom stereocenters. The molecule has 0 fully saturated rings. The van der Waals surface area contributed by atoms with Gasteiger partial charge in [-0.05, 0) is 49.6 Å². The average molecular weight is 401 g/mol. The van der Waals surface area contributed by atoms with Gasteiger partial charge in [-0.1, -0.05) is 30.3 Å². The van der Waals surface area contributed by atoms with E-state index in [1.54, 1.807) is 26.2 Å². The van der Waals surface area contributed by atoms with Crippen LogP contribution in [0.3, 0.4) is 0 Å². The molecule has 0 saturated carbocycles. The van der Waals surface area contributed by atoms with Gasteiger partial charge < -0.3 is 10.2 Å². The number of hydrogen-bond donors (Lipinski definition) is 1. The summed E-state index contributed by atoms with van der Waals surface area (Å²) in [5.41, 5.74) is 3.52. The average Bonchev–Trinajstić information content (AvgIpc) is 3.12. The SMILES string of the molecule is CN=C(NCc1ccc(S(=O)(=O)N(C)C(C)C)cc1)N1CCc2ccccc21. The van der Waals surface area contributed by atoms with Crippen molar-refractivity contribution >= 4 is 21.7 Å². The van der Waals surface area contributed by atoms with Gasteiger partial charge in [-0.25, -0.2) is 8.42 Å². The topological polar surface area (TPSA) is 65.0 Å². The lowest BCUT2D eigenvalue weighted by atomic mass is 10.2. The largest absolute Gasteiger partial charge is 0.352 e. The van der Waals surface area contributed by atoms with Gasteiger partial charge >= 0.3 is 0 Å². The Labute approximate surface area is 167 Å². The van der Waals surface area contributed by atoms with Crippen molar-refractivity contribution < 1.29 is 8.42 Å². The van der Waals surface area contributed by atoms with Crippen molar-refractivity contribution in [1.29, 1.82) is 0 Å². The van der Waals surface area contributed by atoms with Gasteiger partial charge in [-0.2, -0.15) is 4.31 Å². The standard InChI is InChI=1S/C21H28N4O2S/c1-16(2)24(4)28(26,27)19-11-9-17(10-12-19)15-23-21(22-3)25-14-13-18-7-5-6-8-20(18)25/h5-12,16H,13-15H2,1-4H3,(H,22,23). The summed E-state index contributed by atoms with van der Waals surface area (Å²) in [6.45, 7) is 5.19. The maximum absolute atomic E-state index is 12.6. The van der Waals surface area contributed by atoms with Crippen molar-refractivity contribution in [2.45, 2.75) is 37.8 Å². The predicted molar refractivity (Wildman–Crippen MR) is 114 cm³/mol. The van der Waals surface area contributed by atoms with Crippen LogP contribution in [-0.4, -0.2) is 45.4 Å². The molecule has 0 bridgehead atoms. The number of nitrogens with zero attached hydrogens (tertiary/aromatic N) is 3. The van der Waals surface area contributed by atoms with Crippen LogP contribution in [0, 0.1) is 0 Å². The third-order valence-electron chi connectivity index (χ3n) is 5.13. The van der Waals surface area contributed by atoms with Gasteiger partial charge in [0.05, 0.1) is 4.90 Å². The van der Waals surface area contributed by atoms with Crippen molar-refractivity contribution in [2.75, 3.05) is 25.5 Å². The zero-order valence-electron chi connectivity index (χ0n) is 16.9. The summed E-state index contributed by atoms with van der Waals surface area (Å²) in [4.78, 5) is 6.91. The summed E-state index contributed by atoms with van der Waals surface area (Å²) in [7, 11) is -0.0735. The number of para-hydroxylation sites is 1. The van der Waals surface area contributed by atoms with Gasteiger partial charge in [-0.15, -0.1) is 0 Å². The van der Waals surface area contributed by atoms with Crippen LogP contribution in [0.2, 0.25) is 0 Å². The Kier molecular flexibility index (Phi) is 6.05. The number of hydrogen-bond acceptors (Lipinski definition) is 3. The smallest absolute Gasteiger partial charge is 0.243 e. The number of guanidine groups is 1. The summed E-state index contributed by atoms with van der Waals surface area (Å²) < 4.78 is 26.5. The summed E-state index contributed by atoms with van der Waals surface area (Å²) in [6.07, 6.45) is 1.01. The van der Waals surface area contributed by atoms with E-state index in [9.17, 15) is 8.42 Å². The van der Waals surface area contributed by atoms with E-state index in [0.29, 0.717) is 11.4 Å². The van der Waals surface area contributed by atoms with E-state index in [4.69, 9.17) is 0 Å². The molecular formula is C21H28N4O2S. The van der Waals surface area contributed by atoms with Gasteiger partial charge in [-0.3, -0.25) is 4.99 Å². The Hall–Kier alpha value is -2.38. The minimum atomic E-state index is -3.46. The molecule has 0 saturated heterocycles. The Bertz CT molecular complexity index is 953. The van der Waals surface area contributed by atoms with Gasteiger partial charge in [0, 0.05) is 38.9 Å². The van der Waals surface area contributed by atoms with E-state index >= 15 is 0 Å². The van der Waals surface area contributed by atoms with Crippen LogP contribution in [0.25, 0.3) is 0 Å². The highest BCUT2D eigenvalue weighted by Crippen LogP contribution is 2.27. The number of aliphatic imine (C=N–C) groups is 1. The van der Waals surface area contributed by atoms with E-state index in [2.05, 4.69) is 33.4 Å². The van der Waals surface area contributed by atoms with Gasteiger partial charge in [0.25, 0.3) is 0 Å². The molecule has 1 aliphatic heterocycles. The summed E-state index contributed by atoms with van der Waals surface area (Å²) in [5, 5.41) is 3.38. The number of anilines is 1. The van der Waals surface area contributed by atoms with Gasteiger partial charge in [0.1, 0.15) is 0 Å². The second-order valence-corrected chi connectivity index (χ2v) is 9.19. The first kappa shape index (κ1) is 20.4.